The van der Waals surface area contributed by atoms with Crippen LogP contribution in [0.3, 0.4) is 0 Å². The summed E-state index contributed by atoms with van der Waals surface area (Å²) < 4.78 is 5.72. The number of aliphatic hydroxyl groups excluding tert-OH is 1. The van der Waals surface area contributed by atoms with E-state index in [2.05, 4.69) is 0 Å². The molecule has 0 bridgehead atoms. The predicted molar refractivity (Wildman–Crippen MR) is 77.8 cm³/mol. The van der Waals surface area contributed by atoms with Crippen molar-refractivity contribution in [1.29, 1.82) is 0 Å². The zero-order valence-corrected chi connectivity index (χ0v) is 12.0. The van der Waals surface area contributed by atoms with Crippen LogP contribution in [0.5, 0.6) is 5.75 Å². The summed E-state index contributed by atoms with van der Waals surface area (Å²) in [5.74, 6) is 0.577. The number of hydrogen-bond acceptors (Lipinski definition) is 4. The molecule has 5 nitrogen and oxygen atoms in total. The number of carbonyl (C=O) groups is 1. The Morgan fingerprint density at radius 2 is 2.20 bits per heavy atom. The van der Waals surface area contributed by atoms with Gasteiger partial charge in [-0.05, 0) is 30.5 Å². The van der Waals surface area contributed by atoms with Crippen LogP contribution in [0.2, 0.25) is 0 Å². The van der Waals surface area contributed by atoms with E-state index in [4.69, 9.17) is 10.5 Å². The van der Waals surface area contributed by atoms with Crippen molar-refractivity contribution in [2.75, 3.05) is 18.1 Å². The Labute approximate surface area is 119 Å². The first-order valence-corrected chi connectivity index (χ1v) is 7.10. The minimum absolute atomic E-state index is 0.0599. The van der Waals surface area contributed by atoms with E-state index in [1.807, 2.05) is 32.0 Å². The Balaban J connectivity index is 2.42. The number of benzene rings is 1. The summed E-state index contributed by atoms with van der Waals surface area (Å²) in [4.78, 5) is 13.9. The lowest BCUT2D eigenvalue weighted by molar-refractivity contribution is -0.126. The lowest BCUT2D eigenvalue weighted by Crippen LogP contribution is -2.46. The van der Waals surface area contributed by atoms with Crippen molar-refractivity contribution in [2.45, 2.75) is 38.8 Å². The normalized spacial score (nSPS) is 19.5. The number of aliphatic hydroxyl groups is 1. The molecule has 2 atom stereocenters. The van der Waals surface area contributed by atoms with E-state index in [0.717, 1.165) is 12.0 Å². The molecule has 3 N–H and O–H groups in total. The van der Waals surface area contributed by atoms with Crippen LogP contribution in [0.25, 0.3) is 0 Å². The molecule has 0 fully saturated rings. The van der Waals surface area contributed by atoms with Gasteiger partial charge in [-0.15, -0.1) is 0 Å². The van der Waals surface area contributed by atoms with Gasteiger partial charge in [-0.25, -0.2) is 0 Å². The number of carbonyl (C=O) groups excluding carboxylic acids is 1. The van der Waals surface area contributed by atoms with E-state index in [0.29, 0.717) is 17.9 Å². The lowest BCUT2D eigenvalue weighted by Gasteiger charge is -2.34. The zero-order chi connectivity index (χ0) is 14.7. The number of amides is 1. The molecule has 1 aromatic carbocycles. The van der Waals surface area contributed by atoms with Crippen molar-refractivity contribution in [1.82, 2.24) is 0 Å². The summed E-state index contributed by atoms with van der Waals surface area (Å²) in [7, 11) is 0. The third-order valence-electron chi connectivity index (χ3n) is 3.65. The first-order chi connectivity index (χ1) is 9.62. The highest BCUT2D eigenvalue weighted by Gasteiger charge is 2.33. The van der Waals surface area contributed by atoms with Crippen molar-refractivity contribution in [3.05, 3.63) is 23.8 Å². The van der Waals surface area contributed by atoms with E-state index >= 15 is 0 Å². The van der Waals surface area contributed by atoms with Gasteiger partial charge >= 0.3 is 0 Å². The van der Waals surface area contributed by atoms with Crippen molar-refractivity contribution < 1.29 is 14.6 Å². The summed E-state index contributed by atoms with van der Waals surface area (Å²) in [5.41, 5.74) is 7.72. The lowest BCUT2D eigenvalue weighted by atomic mass is 10.0. The number of anilines is 1. The molecule has 20 heavy (non-hydrogen) atoms. The van der Waals surface area contributed by atoms with Crippen molar-refractivity contribution in [2.24, 2.45) is 5.73 Å². The fourth-order valence-corrected chi connectivity index (χ4v) is 2.40. The highest BCUT2D eigenvalue weighted by Crippen LogP contribution is 2.36. The molecule has 1 heterocycles. The van der Waals surface area contributed by atoms with Gasteiger partial charge in [0.1, 0.15) is 5.75 Å². The van der Waals surface area contributed by atoms with Crippen molar-refractivity contribution in [3.8, 4) is 5.75 Å². The van der Waals surface area contributed by atoms with Gasteiger partial charge in [0.15, 0.2) is 6.10 Å². The Bertz CT molecular complexity index is 490. The Morgan fingerprint density at radius 3 is 2.80 bits per heavy atom. The zero-order valence-electron chi connectivity index (χ0n) is 12.0. The molecule has 1 aromatic rings. The maximum atomic E-state index is 12.3. The van der Waals surface area contributed by atoms with Gasteiger partial charge < -0.3 is 20.5 Å². The molecule has 0 aromatic heterocycles. The van der Waals surface area contributed by atoms with Gasteiger partial charge in [0.2, 0.25) is 0 Å². The fraction of sp³-hybridized carbons (Fsp3) is 0.533. The standard InChI is InChI=1S/C15H22N2O3/c1-3-11(16)10-5-6-14-12(9-10)17(7-8-18)15(19)13(4-2)20-14/h5-6,9,11,13,18H,3-4,7-8,16H2,1-2H3. The molecular weight excluding hydrogens is 256 g/mol. The van der Waals surface area contributed by atoms with E-state index in [1.165, 1.54) is 0 Å². The summed E-state index contributed by atoms with van der Waals surface area (Å²) >= 11 is 0. The molecule has 0 aliphatic carbocycles. The molecule has 1 amide bonds. The molecule has 0 radical (unpaired) electrons. The van der Waals surface area contributed by atoms with Crippen molar-refractivity contribution >= 4 is 11.6 Å². The molecule has 0 saturated heterocycles. The quantitative estimate of drug-likeness (QED) is 0.857. The summed E-state index contributed by atoms with van der Waals surface area (Å²) in [5, 5.41) is 9.19. The number of rotatable bonds is 5. The van der Waals surface area contributed by atoms with Gasteiger partial charge in [0, 0.05) is 12.6 Å². The number of nitrogens with zero attached hydrogens (tertiary/aromatic N) is 1. The highest BCUT2D eigenvalue weighted by molar-refractivity contribution is 6.00. The minimum atomic E-state index is -0.472. The largest absolute Gasteiger partial charge is 0.478 e. The monoisotopic (exact) mass is 278 g/mol. The fourth-order valence-electron chi connectivity index (χ4n) is 2.40. The molecule has 5 heteroatoms. The molecule has 1 aliphatic rings. The van der Waals surface area contributed by atoms with Crippen LogP contribution < -0.4 is 15.4 Å². The van der Waals surface area contributed by atoms with E-state index in [-0.39, 0.29) is 25.1 Å². The van der Waals surface area contributed by atoms with Gasteiger partial charge in [-0.3, -0.25) is 4.79 Å². The second-order valence-electron chi connectivity index (χ2n) is 4.97. The second kappa shape index (κ2) is 6.24. The van der Waals surface area contributed by atoms with Crippen LogP contribution in [0.1, 0.15) is 38.3 Å². The summed E-state index contributed by atoms with van der Waals surface area (Å²) in [6.45, 7) is 4.12. The van der Waals surface area contributed by atoms with Crippen LogP contribution >= 0.6 is 0 Å². The molecule has 0 saturated carbocycles. The van der Waals surface area contributed by atoms with Gasteiger partial charge in [-0.2, -0.15) is 0 Å². The van der Waals surface area contributed by atoms with Crippen molar-refractivity contribution in [3.63, 3.8) is 0 Å². The maximum Gasteiger partial charge on any atom is 0.268 e. The van der Waals surface area contributed by atoms with Crippen LogP contribution in [-0.2, 0) is 4.79 Å². The third kappa shape index (κ3) is 2.64. The van der Waals surface area contributed by atoms with Gasteiger partial charge in [0.05, 0.1) is 12.3 Å². The Morgan fingerprint density at radius 1 is 1.45 bits per heavy atom. The highest BCUT2D eigenvalue weighted by atomic mass is 16.5. The SMILES string of the molecule is CCC1Oc2ccc(C(N)CC)cc2N(CCO)C1=O. The molecule has 2 rings (SSSR count). The minimum Gasteiger partial charge on any atom is -0.478 e. The van der Waals surface area contributed by atoms with Crippen LogP contribution in [0, 0.1) is 0 Å². The molecule has 110 valence electrons. The smallest absolute Gasteiger partial charge is 0.268 e. The number of ether oxygens (including phenoxy) is 1. The number of β-amino-alcohol motifs (C(OH)–C–C–N with tert-alkyl or cyclic N) is 1. The number of hydrogen-bond donors (Lipinski definition) is 2. The van der Waals surface area contributed by atoms with Crippen LogP contribution in [-0.4, -0.2) is 30.3 Å². The summed E-state index contributed by atoms with van der Waals surface area (Å²) in [6.07, 6.45) is 0.960. The van der Waals surface area contributed by atoms with Crippen LogP contribution in [0.15, 0.2) is 18.2 Å². The van der Waals surface area contributed by atoms with Gasteiger partial charge in [0.25, 0.3) is 5.91 Å². The molecule has 0 spiro atoms. The molecule has 1 aliphatic heterocycles. The third-order valence-corrected chi connectivity index (χ3v) is 3.65. The maximum absolute atomic E-state index is 12.3. The second-order valence-corrected chi connectivity index (χ2v) is 4.97. The van der Waals surface area contributed by atoms with E-state index in [9.17, 15) is 9.90 Å². The number of nitrogens with two attached hydrogens (primary N) is 1. The Hall–Kier alpha value is -1.59. The van der Waals surface area contributed by atoms with E-state index in [1.54, 1.807) is 4.90 Å². The van der Waals surface area contributed by atoms with Gasteiger partial charge in [-0.1, -0.05) is 19.9 Å². The summed E-state index contributed by atoms with van der Waals surface area (Å²) in [6, 6.07) is 5.63. The van der Waals surface area contributed by atoms with Crippen LogP contribution in [0.4, 0.5) is 5.69 Å². The first-order valence-electron chi connectivity index (χ1n) is 7.10. The topological polar surface area (TPSA) is 75.8 Å². The Kier molecular flexibility index (Phi) is 4.62. The average Bonchev–Trinajstić information content (AvgIpc) is 2.48. The van der Waals surface area contributed by atoms with E-state index < -0.39 is 6.10 Å². The first kappa shape index (κ1) is 14.8. The average molecular weight is 278 g/mol. The number of fused-ring (bicyclic) bond motifs is 1. The molecular formula is C15H22N2O3. The molecule has 2 unspecified atom stereocenters. The predicted octanol–water partition coefficient (Wildman–Crippen LogP) is 1.59.